The Balaban J connectivity index is 1.78. The lowest BCUT2D eigenvalue weighted by Gasteiger charge is -2.40. The normalized spacial score (nSPS) is 17.5. The highest BCUT2D eigenvalue weighted by Gasteiger charge is 2.35. The van der Waals surface area contributed by atoms with Gasteiger partial charge < -0.3 is 20.8 Å². The molecule has 2 unspecified atom stereocenters. The van der Waals surface area contributed by atoms with E-state index in [4.69, 9.17) is 0 Å². The molecule has 1 aliphatic rings. The topological polar surface area (TPSA) is 81.6 Å². The molecular formula is C27H37FN2O3. The Kier molecular flexibility index (Phi) is 8.49. The number of hydrogen-bond donors (Lipinski definition) is 4. The van der Waals surface area contributed by atoms with Gasteiger partial charge in [-0.1, -0.05) is 57.4 Å². The van der Waals surface area contributed by atoms with Gasteiger partial charge in [-0.15, -0.1) is 0 Å². The summed E-state index contributed by atoms with van der Waals surface area (Å²) >= 11 is 0. The lowest BCUT2D eigenvalue weighted by Crippen LogP contribution is -2.53. The predicted octanol–water partition coefficient (Wildman–Crippen LogP) is 4.51. The molecule has 0 spiro atoms. The van der Waals surface area contributed by atoms with E-state index in [0.29, 0.717) is 11.5 Å². The lowest BCUT2D eigenvalue weighted by atomic mass is 9.75. The van der Waals surface area contributed by atoms with Gasteiger partial charge in [-0.25, -0.2) is 4.39 Å². The third kappa shape index (κ3) is 6.78. The van der Waals surface area contributed by atoms with E-state index >= 15 is 0 Å². The van der Waals surface area contributed by atoms with Crippen molar-refractivity contribution in [2.24, 2.45) is 0 Å². The maximum Gasteiger partial charge on any atom is 0.217 e. The van der Waals surface area contributed by atoms with Gasteiger partial charge in [0.05, 0.1) is 12.1 Å². The van der Waals surface area contributed by atoms with Crippen molar-refractivity contribution in [2.75, 3.05) is 6.54 Å². The summed E-state index contributed by atoms with van der Waals surface area (Å²) in [4.78, 5) is 11.8. The van der Waals surface area contributed by atoms with Gasteiger partial charge in [0.1, 0.15) is 11.6 Å². The summed E-state index contributed by atoms with van der Waals surface area (Å²) < 4.78 is 13.7. The zero-order valence-corrected chi connectivity index (χ0v) is 19.9. The van der Waals surface area contributed by atoms with Crippen LogP contribution in [0.4, 0.5) is 4.39 Å². The molecule has 5 nitrogen and oxygen atoms in total. The summed E-state index contributed by atoms with van der Waals surface area (Å²) in [5.41, 5.74) is 2.83. The lowest BCUT2D eigenvalue weighted by molar-refractivity contribution is -0.120. The van der Waals surface area contributed by atoms with E-state index in [9.17, 15) is 19.4 Å². The number of phenols is 1. The highest BCUT2D eigenvalue weighted by molar-refractivity contribution is 5.73. The molecule has 4 N–H and O–H groups in total. The molecule has 0 saturated heterocycles. The molecule has 0 bridgehead atoms. The molecule has 0 aromatic heterocycles. The second-order valence-corrected chi connectivity index (χ2v) is 9.70. The van der Waals surface area contributed by atoms with Crippen molar-refractivity contribution in [3.8, 4) is 5.75 Å². The molecule has 0 radical (unpaired) electrons. The molecule has 2 aromatic carbocycles. The minimum atomic E-state index is -0.883. The third-order valence-corrected chi connectivity index (χ3v) is 6.71. The summed E-state index contributed by atoms with van der Waals surface area (Å²) in [6.07, 6.45) is 4.75. The number of aliphatic hydroxyl groups is 1. The van der Waals surface area contributed by atoms with Crippen molar-refractivity contribution < 1.29 is 19.4 Å². The standard InChI is InChI=1S/C27H37FN2O3/c1-18(2)21-8-7-9-22(15-21)27(10-5-4-6-11-27)29-17-26(33)25(30-19(3)31)14-20-12-23(28)16-24(32)13-20/h7-9,12-13,15-16,18,25-26,29,32-33H,4-6,10-11,14,17H2,1-3H3,(H,30,31). The highest BCUT2D eigenvalue weighted by Crippen LogP contribution is 2.38. The number of phenolic OH excluding ortho intramolecular Hbond substituents is 1. The number of nitrogens with one attached hydrogen (secondary N) is 2. The second-order valence-electron chi connectivity index (χ2n) is 9.70. The van der Waals surface area contributed by atoms with Crippen LogP contribution >= 0.6 is 0 Å². The van der Waals surface area contributed by atoms with Gasteiger partial charge in [0.2, 0.25) is 5.91 Å². The van der Waals surface area contributed by atoms with Crippen molar-refractivity contribution in [1.29, 1.82) is 0 Å². The highest BCUT2D eigenvalue weighted by atomic mass is 19.1. The van der Waals surface area contributed by atoms with Gasteiger partial charge in [-0.3, -0.25) is 4.79 Å². The van der Waals surface area contributed by atoms with Gasteiger partial charge in [0, 0.05) is 25.1 Å². The minimum Gasteiger partial charge on any atom is -0.508 e. The molecule has 33 heavy (non-hydrogen) atoms. The number of halogens is 1. The molecular weight excluding hydrogens is 419 g/mol. The molecule has 1 amide bonds. The first-order valence-corrected chi connectivity index (χ1v) is 12.0. The summed E-state index contributed by atoms with van der Waals surface area (Å²) in [5, 5.41) is 27.2. The van der Waals surface area contributed by atoms with Crippen LogP contribution in [-0.2, 0) is 16.8 Å². The number of hydrogen-bond acceptors (Lipinski definition) is 4. The molecule has 1 fully saturated rings. The SMILES string of the molecule is CC(=O)NC(Cc1cc(O)cc(F)c1)C(O)CNC1(c2cccc(C(C)C)c2)CCCCC1. The van der Waals surface area contributed by atoms with E-state index in [-0.39, 0.29) is 30.2 Å². The Hall–Kier alpha value is -2.44. The van der Waals surface area contributed by atoms with E-state index in [0.717, 1.165) is 31.7 Å². The molecule has 2 aromatic rings. The van der Waals surface area contributed by atoms with Crippen LogP contribution in [0, 0.1) is 5.82 Å². The maximum atomic E-state index is 13.7. The van der Waals surface area contributed by atoms with Gasteiger partial charge in [-0.2, -0.15) is 0 Å². The molecule has 0 aliphatic heterocycles. The van der Waals surface area contributed by atoms with Crippen LogP contribution < -0.4 is 10.6 Å². The average Bonchev–Trinajstić information content (AvgIpc) is 2.77. The first kappa shape index (κ1) is 25.2. The van der Waals surface area contributed by atoms with Crippen molar-refractivity contribution in [3.63, 3.8) is 0 Å². The van der Waals surface area contributed by atoms with Crippen LogP contribution in [0.2, 0.25) is 0 Å². The fourth-order valence-corrected chi connectivity index (χ4v) is 4.91. The molecule has 6 heteroatoms. The fraction of sp³-hybridized carbons (Fsp3) is 0.519. The zero-order valence-electron chi connectivity index (χ0n) is 19.9. The van der Waals surface area contributed by atoms with Gasteiger partial charge >= 0.3 is 0 Å². The van der Waals surface area contributed by atoms with E-state index in [1.165, 1.54) is 36.6 Å². The maximum absolute atomic E-state index is 13.7. The Morgan fingerprint density at radius 1 is 1.12 bits per heavy atom. The largest absolute Gasteiger partial charge is 0.508 e. The van der Waals surface area contributed by atoms with Crippen molar-refractivity contribution >= 4 is 5.91 Å². The van der Waals surface area contributed by atoms with Crippen LogP contribution in [0.1, 0.15) is 75.5 Å². The number of amides is 1. The smallest absolute Gasteiger partial charge is 0.217 e. The van der Waals surface area contributed by atoms with Crippen molar-refractivity contribution in [1.82, 2.24) is 10.6 Å². The molecule has 2 atom stereocenters. The Bertz CT molecular complexity index is 920. The number of aliphatic hydroxyl groups excluding tert-OH is 1. The van der Waals surface area contributed by atoms with E-state index in [2.05, 4.69) is 48.7 Å². The quantitative estimate of drug-likeness (QED) is 0.447. The number of benzene rings is 2. The van der Waals surface area contributed by atoms with Crippen LogP contribution in [0.5, 0.6) is 5.75 Å². The summed E-state index contributed by atoms with van der Waals surface area (Å²) in [6, 6.07) is 11.9. The van der Waals surface area contributed by atoms with Crippen LogP contribution in [0.25, 0.3) is 0 Å². The monoisotopic (exact) mass is 456 g/mol. The van der Waals surface area contributed by atoms with E-state index in [1.807, 2.05) is 0 Å². The predicted molar refractivity (Wildman–Crippen MR) is 129 cm³/mol. The van der Waals surface area contributed by atoms with E-state index in [1.54, 1.807) is 0 Å². The van der Waals surface area contributed by atoms with Gasteiger partial charge in [0.15, 0.2) is 0 Å². The van der Waals surface area contributed by atoms with Crippen LogP contribution in [-0.4, -0.2) is 34.8 Å². The van der Waals surface area contributed by atoms with Crippen molar-refractivity contribution in [3.05, 3.63) is 65.0 Å². The van der Waals surface area contributed by atoms with Gasteiger partial charge in [0.25, 0.3) is 0 Å². The summed E-state index contributed by atoms with van der Waals surface area (Å²) in [5.74, 6) is -0.560. The number of carbonyl (C=O) groups excluding carboxylic acids is 1. The Labute approximate surface area is 196 Å². The van der Waals surface area contributed by atoms with Crippen LogP contribution in [0.15, 0.2) is 42.5 Å². The molecule has 0 heterocycles. The second kappa shape index (κ2) is 11.1. The summed E-state index contributed by atoms with van der Waals surface area (Å²) in [6.45, 7) is 6.06. The Morgan fingerprint density at radius 2 is 1.85 bits per heavy atom. The number of carbonyl (C=O) groups is 1. The Morgan fingerprint density at radius 3 is 2.48 bits per heavy atom. The zero-order chi connectivity index (χ0) is 24.0. The first-order chi connectivity index (χ1) is 15.7. The van der Waals surface area contributed by atoms with Gasteiger partial charge in [-0.05, 0) is 54.0 Å². The molecule has 1 aliphatic carbocycles. The van der Waals surface area contributed by atoms with Crippen LogP contribution in [0.3, 0.4) is 0 Å². The molecule has 3 rings (SSSR count). The minimum absolute atomic E-state index is 0.176. The fourth-order valence-electron chi connectivity index (χ4n) is 4.91. The molecule has 180 valence electrons. The average molecular weight is 457 g/mol. The first-order valence-electron chi connectivity index (χ1n) is 12.0. The van der Waals surface area contributed by atoms with Crippen molar-refractivity contribution in [2.45, 2.75) is 82.9 Å². The number of aromatic hydroxyl groups is 1. The van der Waals surface area contributed by atoms with E-state index < -0.39 is 18.0 Å². The number of rotatable bonds is 9. The third-order valence-electron chi connectivity index (χ3n) is 6.71. The molecule has 1 saturated carbocycles. The summed E-state index contributed by atoms with van der Waals surface area (Å²) in [7, 11) is 0.